The number of aromatic nitrogens is 3. The third-order valence-corrected chi connectivity index (χ3v) is 9.21. The SMILES string of the molecule is Cc1ccc(S(=O)(=O)N2CCCN(S(=O)(=O)c3ccc(C)cc3)Cc3n[nH]nc3C2)cc1. The summed E-state index contributed by atoms with van der Waals surface area (Å²) in [7, 11) is -7.56. The van der Waals surface area contributed by atoms with Crippen molar-refractivity contribution < 1.29 is 16.8 Å². The van der Waals surface area contributed by atoms with Crippen molar-refractivity contribution in [3.8, 4) is 0 Å². The van der Waals surface area contributed by atoms with Crippen LogP contribution in [-0.4, -0.2) is 53.9 Å². The topological polar surface area (TPSA) is 116 Å². The fourth-order valence-electron chi connectivity index (χ4n) is 3.57. The Hall–Kier alpha value is -2.60. The number of fused-ring (bicyclic) bond motifs is 1. The van der Waals surface area contributed by atoms with Crippen LogP contribution in [0.5, 0.6) is 0 Å². The van der Waals surface area contributed by atoms with Crippen molar-refractivity contribution in [1.82, 2.24) is 24.0 Å². The minimum Gasteiger partial charge on any atom is -0.207 e. The zero-order valence-electron chi connectivity index (χ0n) is 17.9. The largest absolute Gasteiger partial charge is 0.243 e. The van der Waals surface area contributed by atoms with Crippen LogP contribution in [0, 0.1) is 13.8 Å². The Balaban J connectivity index is 1.66. The van der Waals surface area contributed by atoms with E-state index < -0.39 is 20.0 Å². The first kappa shape index (κ1) is 22.6. The van der Waals surface area contributed by atoms with Crippen molar-refractivity contribution in [3.63, 3.8) is 0 Å². The average Bonchev–Trinajstić information content (AvgIpc) is 3.21. The molecule has 32 heavy (non-hydrogen) atoms. The van der Waals surface area contributed by atoms with E-state index in [-0.39, 0.29) is 36.0 Å². The van der Waals surface area contributed by atoms with E-state index >= 15 is 0 Å². The van der Waals surface area contributed by atoms with Crippen molar-refractivity contribution in [2.24, 2.45) is 0 Å². The monoisotopic (exact) mass is 475 g/mol. The molecule has 4 rings (SSSR count). The number of hydrogen-bond donors (Lipinski definition) is 1. The smallest absolute Gasteiger partial charge is 0.207 e. The van der Waals surface area contributed by atoms with Gasteiger partial charge >= 0.3 is 0 Å². The van der Waals surface area contributed by atoms with Crippen LogP contribution in [0.3, 0.4) is 0 Å². The second kappa shape index (κ2) is 8.74. The summed E-state index contributed by atoms with van der Waals surface area (Å²) < 4.78 is 55.8. The first-order chi connectivity index (χ1) is 15.2. The van der Waals surface area contributed by atoms with Gasteiger partial charge in [0.2, 0.25) is 20.0 Å². The lowest BCUT2D eigenvalue weighted by atomic mass is 10.2. The quantitative estimate of drug-likeness (QED) is 0.618. The van der Waals surface area contributed by atoms with Gasteiger partial charge < -0.3 is 0 Å². The maximum Gasteiger partial charge on any atom is 0.243 e. The van der Waals surface area contributed by atoms with Gasteiger partial charge in [0.15, 0.2) is 0 Å². The van der Waals surface area contributed by atoms with Crippen LogP contribution in [0.2, 0.25) is 0 Å². The van der Waals surface area contributed by atoms with Crippen LogP contribution in [0.1, 0.15) is 28.9 Å². The zero-order valence-corrected chi connectivity index (χ0v) is 19.5. The Labute approximate surface area is 188 Å². The zero-order chi connectivity index (χ0) is 22.9. The highest BCUT2D eigenvalue weighted by Gasteiger charge is 2.32. The van der Waals surface area contributed by atoms with E-state index in [1.54, 1.807) is 48.5 Å². The normalized spacial score (nSPS) is 16.7. The van der Waals surface area contributed by atoms with E-state index in [1.807, 2.05) is 13.8 Å². The van der Waals surface area contributed by atoms with Crippen molar-refractivity contribution in [2.45, 2.75) is 43.1 Å². The highest BCUT2D eigenvalue weighted by atomic mass is 32.2. The molecule has 1 N–H and O–H groups in total. The molecule has 0 saturated heterocycles. The predicted molar refractivity (Wildman–Crippen MR) is 119 cm³/mol. The Bertz CT molecular complexity index is 1200. The molecule has 0 spiro atoms. The summed E-state index contributed by atoms with van der Waals surface area (Å²) in [5.74, 6) is 0. The molecule has 0 amide bonds. The lowest BCUT2D eigenvalue weighted by molar-refractivity contribution is 0.362. The van der Waals surface area contributed by atoms with Crippen LogP contribution < -0.4 is 0 Å². The van der Waals surface area contributed by atoms with E-state index in [4.69, 9.17) is 0 Å². The Kier molecular flexibility index (Phi) is 6.17. The molecule has 1 aliphatic rings. The van der Waals surface area contributed by atoms with Gasteiger partial charge in [0.05, 0.1) is 22.9 Å². The highest BCUT2D eigenvalue weighted by Crippen LogP contribution is 2.24. The van der Waals surface area contributed by atoms with Crippen LogP contribution in [0.25, 0.3) is 0 Å². The Morgan fingerprint density at radius 2 is 1.06 bits per heavy atom. The van der Waals surface area contributed by atoms with Gasteiger partial charge in [-0.1, -0.05) is 35.4 Å². The molecule has 0 aliphatic carbocycles. The molecule has 0 fully saturated rings. The van der Waals surface area contributed by atoms with Crippen molar-refractivity contribution in [1.29, 1.82) is 0 Å². The van der Waals surface area contributed by atoms with Crippen LogP contribution in [0.4, 0.5) is 0 Å². The minimum atomic E-state index is -3.78. The summed E-state index contributed by atoms with van der Waals surface area (Å²) in [6, 6.07) is 13.3. The average molecular weight is 476 g/mol. The number of sulfonamides is 2. The number of H-pyrrole nitrogens is 1. The minimum absolute atomic E-state index is 0.0143. The molecule has 0 atom stereocenters. The second-order valence-corrected chi connectivity index (χ2v) is 11.7. The molecule has 0 bridgehead atoms. The summed E-state index contributed by atoms with van der Waals surface area (Å²) in [5, 5.41) is 10.7. The van der Waals surface area contributed by atoms with Crippen molar-refractivity contribution in [3.05, 3.63) is 71.0 Å². The van der Waals surface area contributed by atoms with Gasteiger partial charge in [-0.3, -0.25) is 0 Å². The molecule has 0 saturated carbocycles. The first-order valence-corrected chi connectivity index (χ1v) is 13.1. The molecule has 170 valence electrons. The van der Waals surface area contributed by atoms with Gasteiger partial charge in [-0.15, -0.1) is 0 Å². The number of aryl methyl sites for hydroxylation is 2. The first-order valence-electron chi connectivity index (χ1n) is 10.2. The van der Waals surface area contributed by atoms with E-state index in [1.165, 1.54) is 8.61 Å². The molecular weight excluding hydrogens is 450 g/mol. The van der Waals surface area contributed by atoms with Gasteiger partial charge in [0.25, 0.3) is 0 Å². The molecule has 9 nitrogen and oxygen atoms in total. The number of hydrogen-bond acceptors (Lipinski definition) is 6. The summed E-state index contributed by atoms with van der Waals surface area (Å²) in [6.45, 7) is 4.12. The van der Waals surface area contributed by atoms with Crippen LogP contribution in [0.15, 0.2) is 58.3 Å². The molecule has 2 heterocycles. The maximum atomic E-state index is 13.3. The summed E-state index contributed by atoms with van der Waals surface area (Å²) in [5.41, 5.74) is 2.74. The molecule has 2 aromatic carbocycles. The van der Waals surface area contributed by atoms with Gasteiger partial charge in [0.1, 0.15) is 11.4 Å². The van der Waals surface area contributed by atoms with Crippen molar-refractivity contribution in [2.75, 3.05) is 13.1 Å². The molecule has 0 radical (unpaired) electrons. The van der Waals surface area contributed by atoms with E-state index in [0.29, 0.717) is 17.8 Å². The molecular formula is C21H25N5O4S2. The number of nitrogens with zero attached hydrogens (tertiary/aromatic N) is 4. The fourth-order valence-corrected chi connectivity index (χ4v) is 6.45. The Morgan fingerprint density at radius 1 is 0.688 bits per heavy atom. The third-order valence-electron chi connectivity index (χ3n) is 5.49. The molecule has 11 heteroatoms. The summed E-state index contributed by atoms with van der Waals surface area (Å²) in [6.07, 6.45) is 0.337. The van der Waals surface area contributed by atoms with Crippen LogP contribution >= 0.6 is 0 Å². The van der Waals surface area contributed by atoms with Gasteiger partial charge in [-0.05, 0) is 44.5 Å². The van der Waals surface area contributed by atoms with Gasteiger partial charge in [-0.2, -0.15) is 24.0 Å². The van der Waals surface area contributed by atoms with Crippen molar-refractivity contribution >= 4 is 20.0 Å². The molecule has 3 aromatic rings. The molecule has 1 aliphatic heterocycles. The second-order valence-electron chi connectivity index (χ2n) is 7.87. The predicted octanol–water partition coefficient (Wildman–Crippen LogP) is 2.21. The number of rotatable bonds is 4. The standard InChI is InChI=1S/C21H25N5O4S2/c1-16-4-8-18(9-5-16)31(27,28)25-12-3-13-26(15-21-20(14-25)22-24-23-21)32(29,30)19-10-6-17(2)7-11-19/h4-11H,3,12-15H2,1-2H3,(H,22,23,24). The summed E-state index contributed by atoms with van der Waals surface area (Å²) >= 11 is 0. The highest BCUT2D eigenvalue weighted by molar-refractivity contribution is 7.89. The van der Waals surface area contributed by atoms with Crippen LogP contribution in [-0.2, 0) is 33.1 Å². The van der Waals surface area contributed by atoms with E-state index in [0.717, 1.165) is 11.1 Å². The third kappa shape index (κ3) is 4.46. The molecule has 1 aromatic heterocycles. The van der Waals surface area contributed by atoms with Gasteiger partial charge in [0, 0.05) is 13.1 Å². The lowest BCUT2D eigenvalue weighted by Crippen LogP contribution is -2.34. The number of aromatic amines is 1. The summed E-state index contributed by atoms with van der Waals surface area (Å²) in [4.78, 5) is 0.382. The lowest BCUT2D eigenvalue weighted by Gasteiger charge is -2.22. The van der Waals surface area contributed by atoms with E-state index in [9.17, 15) is 16.8 Å². The van der Waals surface area contributed by atoms with Gasteiger partial charge in [-0.25, -0.2) is 16.8 Å². The Morgan fingerprint density at radius 3 is 1.44 bits per heavy atom. The maximum absolute atomic E-state index is 13.3. The molecule has 0 unspecified atom stereocenters. The van der Waals surface area contributed by atoms with E-state index in [2.05, 4.69) is 15.4 Å². The fraction of sp³-hybridized carbons (Fsp3) is 0.333. The number of benzene rings is 2. The number of nitrogens with one attached hydrogen (secondary N) is 1.